The normalized spacial score (nSPS) is 21.4. The standard InChI is InChI=1S/C19H23N3O3/c23-18(24)10-13-9-16(13)17-11-15(22-25-17)5-1-4-14-7-6-12-3-2-8-20-19(12)21-14/h6-7,11,13,16H,1-5,8-10H2,(H,20,21)(H,23,24). The van der Waals surface area contributed by atoms with Gasteiger partial charge in [0.25, 0.3) is 0 Å². The fourth-order valence-electron chi connectivity index (χ4n) is 3.63. The van der Waals surface area contributed by atoms with Gasteiger partial charge in [-0.15, -0.1) is 0 Å². The average Bonchev–Trinajstić information content (AvgIpc) is 3.19. The molecule has 2 unspecified atom stereocenters. The second kappa shape index (κ2) is 6.86. The van der Waals surface area contributed by atoms with Gasteiger partial charge < -0.3 is 14.9 Å². The van der Waals surface area contributed by atoms with Gasteiger partial charge in [0.1, 0.15) is 11.6 Å². The van der Waals surface area contributed by atoms with Gasteiger partial charge in [0, 0.05) is 30.6 Å². The summed E-state index contributed by atoms with van der Waals surface area (Å²) in [5.41, 5.74) is 3.38. The maximum atomic E-state index is 10.7. The highest BCUT2D eigenvalue weighted by Gasteiger charge is 2.42. The zero-order chi connectivity index (χ0) is 17.2. The number of aliphatic carboxylic acids is 1. The molecule has 0 aromatic carbocycles. The Morgan fingerprint density at radius 2 is 2.20 bits per heavy atom. The average molecular weight is 341 g/mol. The predicted octanol–water partition coefficient (Wildman–Crippen LogP) is 3.18. The quantitative estimate of drug-likeness (QED) is 0.804. The second-order valence-corrected chi connectivity index (χ2v) is 7.11. The Labute approximate surface area is 146 Å². The minimum atomic E-state index is -0.737. The van der Waals surface area contributed by atoms with E-state index >= 15 is 0 Å². The summed E-state index contributed by atoms with van der Waals surface area (Å²) >= 11 is 0. The van der Waals surface area contributed by atoms with Gasteiger partial charge in [0.05, 0.1) is 5.69 Å². The van der Waals surface area contributed by atoms with Crippen LogP contribution in [-0.4, -0.2) is 27.8 Å². The molecule has 0 spiro atoms. The number of hydrogen-bond donors (Lipinski definition) is 2. The van der Waals surface area contributed by atoms with Gasteiger partial charge in [-0.25, -0.2) is 4.98 Å². The molecule has 2 atom stereocenters. The molecular weight excluding hydrogens is 318 g/mol. The summed E-state index contributed by atoms with van der Waals surface area (Å²) in [6.45, 7) is 1.01. The number of rotatable bonds is 7. The molecule has 25 heavy (non-hydrogen) atoms. The van der Waals surface area contributed by atoms with Crippen LogP contribution in [0, 0.1) is 5.92 Å². The fraction of sp³-hybridized carbons (Fsp3) is 0.526. The zero-order valence-corrected chi connectivity index (χ0v) is 14.2. The number of aromatic nitrogens is 2. The van der Waals surface area contributed by atoms with Gasteiger partial charge in [-0.2, -0.15) is 0 Å². The molecule has 0 amide bonds. The van der Waals surface area contributed by atoms with Crippen LogP contribution in [0.5, 0.6) is 0 Å². The number of anilines is 1. The highest BCUT2D eigenvalue weighted by molar-refractivity contribution is 5.67. The second-order valence-electron chi connectivity index (χ2n) is 7.11. The van der Waals surface area contributed by atoms with Gasteiger partial charge >= 0.3 is 5.97 Å². The molecule has 6 heteroatoms. The number of nitrogens with zero attached hydrogens (tertiary/aromatic N) is 2. The fourth-order valence-corrected chi connectivity index (χ4v) is 3.63. The molecule has 4 rings (SSSR count). The third-order valence-corrected chi connectivity index (χ3v) is 5.12. The van der Waals surface area contributed by atoms with Crippen molar-refractivity contribution in [3.05, 3.63) is 40.9 Å². The molecule has 1 aliphatic heterocycles. The summed E-state index contributed by atoms with van der Waals surface area (Å²) in [7, 11) is 0. The van der Waals surface area contributed by atoms with Crippen LogP contribution in [0.3, 0.4) is 0 Å². The van der Waals surface area contributed by atoms with Crippen LogP contribution in [0.2, 0.25) is 0 Å². The van der Waals surface area contributed by atoms with E-state index in [2.05, 4.69) is 22.6 Å². The molecule has 0 bridgehead atoms. The first-order valence-electron chi connectivity index (χ1n) is 9.09. The first-order valence-corrected chi connectivity index (χ1v) is 9.09. The Bertz CT molecular complexity index is 771. The monoisotopic (exact) mass is 341 g/mol. The predicted molar refractivity (Wildman–Crippen MR) is 92.7 cm³/mol. The maximum Gasteiger partial charge on any atom is 0.303 e. The number of aryl methyl sites for hydroxylation is 3. The molecule has 2 N–H and O–H groups in total. The van der Waals surface area contributed by atoms with E-state index < -0.39 is 5.97 Å². The summed E-state index contributed by atoms with van der Waals surface area (Å²) in [4.78, 5) is 15.5. The number of pyridine rings is 1. The molecule has 1 saturated carbocycles. The number of nitrogens with one attached hydrogen (secondary N) is 1. The van der Waals surface area contributed by atoms with Crippen molar-refractivity contribution in [1.82, 2.24) is 10.1 Å². The molecular formula is C19H23N3O3. The number of fused-ring (bicyclic) bond motifs is 1. The van der Waals surface area contributed by atoms with Crippen molar-refractivity contribution in [2.45, 2.75) is 50.9 Å². The summed E-state index contributed by atoms with van der Waals surface area (Å²) in [5, 5.41) is 16.3. The van der Waals surface area contributed by atoms with Crippen molar-refractivity contribution in [3.63, 3.8) is 0 Å². The van der Waals surface area contributed by atoms with Crippen molar-refractivity contribution < 1.29 is 14.4 Å². The third-order valence-electron chi connectivity index (χ3n) is 5.12. The summed E-state index contributed by atoms with van der Waals surface area (Å²) in [6, 6.07) is 6.31. The molecule has 1 aliphatic carbocycles. The minimum absolute atomic E-state index is 0.213. The van der Waals surface area contributed by atoms with Crippen molar-refractivity contribution in [3.8, 4) is 0 Å². The lowest BCUT2D eigenvalue weighted by Gasteiger charge is -2.17. The van der Waals surface area contributed by atoms with E-state index in [9.17, 15) is 4.79 Å². The van der Waals surface area contributed by atoms with Crippen molar-refractivity contribution in [1.29, 1.82) is 0 Å². The lowest BCUT2D eigenvalue weighted by Crippen LogP contribution is -2.14. The zero-order valence-electron chi connectivity index (χ0n) is 14.2. The van der Waals surface area contributed by atoms with Gasteiger partial charge in [-0.3, -0.25) is 4.79 Å². The van der Waals surface area contributed by atoms with E-state index in [-0.39, 0.29) is 18.3 Å². The van der Waals surface area contributed by atoms with Gasteiger partial charge in [0.2, 0.25) is 0 Å². The first-order chi connectivity index (χ1) is 12.2. The lowest BCUT2D eigenvalue weighted by atomic mass is 10.1. The largest absolute Gasteiger partial charge is 0.481 e. The van der Waals surface area contributed by atoms with Gasteiger partial charge in [-0.1, -0.05) is 11.2 Å². The molecule has 2 aliphatic rings. The highest BCUT2D eigenvalue weighted by atomic mass is 16.5. The Morgan fingerprint density at radius 1 is 1.32 bits per heavy atom. The Hall–Kier alpha value is -2.37. The number of carboxylic acid groups (broad SMARTS) is 1. The van der Waals surface area contributed by atoms with Crippen molar-refractivity contribution in [2.24, 2.45) is 5.92 Å². The van der Waals surface area contributed by atoms with Gasteiger partial charge in [0.15, 0.2) is 0 Å². The molecule has 6 nitrogen and oxygen atoms in total. The van der Waals surface area contributed by atoms with Crippen LogP contribution in [0.25, 0.3) is 0 Å². The number of hydrogen-bond acceptors (Lipinski definition) is 5. The van der Waals surface area contributed by atoms with E-state index in [1.807, 2.05) is 6.07 Å². The van der Waals surface area contributed by atoms with E-state index in [1.54, 1.807) is 0 Å². The Balaban J connectivity index is 1.27. The van der Waals surface area contributed by atoms with E-state index in [4.69, 9.17) is 14.6 Å². The number of carbonyl (C=O) groups is 1. The molecule has 2 aromatic rings. The Morgan fingerprint density at radius 3 is 3.08 bits per heavy atom. The summed E-state index contributed by atoms with van der Waals surface area (Å²) in [6.07, 6.45) is 6.15. The summed E-state index contributed by atoms with van der Waals surface area (Å²) < 4.78 is 5.41. The number of carboxylic acids is 1. The van der Waals surface area contributed by atoms with Gasteiger partial charge in [-0.05, 0) is 56.1 Å². The van der Waals surface area contributed by atoms with Crippen LogP contribution in [0.4, 0.5) is 5.82 Å². The topological polar surface area (TPSA) is 88.2 Å². The maximum absolute atomic E-state index is 10.7. The molecule has 3 heterocycles. The van der Waals surface area contributed by atoms with Crippen LogP contribution >= 0.6 is 0 Å². The first kappa shape index (κ1) is 16.1. The molecule has 1 fully saturated rings. The third kappa shape index (κ3) is 3.83. The molecule has 132 valence electrons. The lowest BCUT2D eigenvalue weighted by molar-refractivity contribution is -0.137. The van der Waals surface area contributed by atoms with Crippen LogP contribution in [0.1, 0.15) is 54.3 Å². The van der Waals surface area contributed by atoms with Crippen molar-refractivity contribution >= 4 is 11.8 Å². The van der Waals surface area contributed by atoms with E-state index in [0.717, 1.165) is 61.6 Å². The smallest absolute Gasteiger partial charge is 0.303 e. The van der Waals surface area contributed by atoms with Crippen molar-refractivity contribution in [2.75, 3.05) is 11.9 Å². The summed E-state index contributed by atoms with van der Waals surface area (Å²) in [5.74, 6) is 1.61. The molecule has 0 radical (unpaired) electrons. The van der Waals surface area contributed by atoms with E-state index in [1.165, 1.54) is 12.0 Å². The highest BCUT2D eigenvalue weighted by Crippen LogP contribution is 2.49. The minimum Gasteiger partial charge on any atom is -0.481 e. The van der Waals surface area contributed by atoms with Crippen LogP contribution < -0.4 is 5.32 Å². The van der Waals surface area contributed by atoms with Crippen LogP contribution in [0.15, 0.2) is 22.7 Å². The molecule has 2 aromatic heterocycles. The Kier molecular flexibility index (Phi) is 4.42. The molecule has 0 saturated heterocycles. The van der Waals surface area contributed by atoms with Crippen LogP contribution in [-0.2, 0) is 24.1 Å². The SMILES string of the molecule is O=C(O)CC1CC1c1cc(CCCc2ccc3c(n2)NCCC3)no1. The van der Waals surface area contributed by atoms with E-state index in [0.29, 0.717) is 0 Å².